The number of nitrogens with zero attached hydrogens (tertiary/aromatic N) is 2. The fraction of sp³-hybridized carbons (Fsp3) is 0.429. The van der Waals surface area contributed by atoms with Gasteiger partial charge in [0.25, 0.3) is 5.56 Å². The van der Waals surface area contributed by atoms with Crippen LogP contribution in [0.3, 0.4) is 0 Å². The van der Waals surface area contributed by atoms with Gasteiger partial charge in [0.15, 0.2) is 0 Å². The minimum atomic E-state index is -4.20. The third kappa shape index (κ3) is 3.94. The number of unbranched alkanes of at least 4 members (excludes halogenated alkanes) is 1. The van der Waals surface area contributed by atoms with Crippen molar-refractivity contribution in [1.82, 2.24) is 19.3 Å². The summed E-state index contributed by atoms with van der Waals surface area (Å²) in [5.41, 5.74) is -1.43. The number of carboxylic acid groups (broad SMARTS) is 1. The third-order valence-corrected chi connectivity index (χ3v) is 5.12. The maximum Gasteiger partial charge on any atom is 0.329 e. The maximum atomic E-state index is 12.4. The molecule has 10 nitrogen and oxygen atoms in total. The molecule has 1 atom stereocenters. The van der Waals surface area contributed by atoms with Gasteiger partial charge in [-0.15, -0.1) is 0 Å². The fourth-order valence-electron chi connectivity index (χ4n) is 2.26. The second kappa shape index (κ2) is 7.15. The summed E-state index contributed by atoms with van der Waals surface area (Å²) in [4.78, 5) is 40.2. The van der Waals surface area contributed by atoms with Gasteiger partial charge in [-0.3, -0.25) is 19.1 Å². The molecule has 0 aliphatic rings. The maximum absolute atomic E-state index is 12.4. The number of sulfonamides is 1. The van der Waals surface area contributed by atoms with Gasteiger partial charge in [-0.1, -0.05) is 19.8 Å². The molecule has 2 aromatic heterocycles. The molecule has 11 heteroatoms. The van der Waals surface area contributed by atoms with Gasteiger partial charge in [0.1, 0.15) is 16.6 Å². The van der Waals surface area contributed by atoms with E-state index in [1.54, 1.807) is 0 Å². The highest BCUT2D eigenvalue weighted by Crippen LogP contribution is 2.14. The summed E-state index contributed by atoms with van der Waals surface area (Å²) in [5, 5.41) is 9.07. The molecule has 1 unspecified atom stereocenters. The number of rotatable bonds is 7. The number of fused-ring (bicyclic) bond motifs is 1. The molecular formula is C14H18N4O6S. The van der Waals surface area contributed by atoms with Crippen LogP contribution < -0.4 is 16.0 Å². The van der Waals surface area contributed by atoms with Crippen LogP contribution in [0.2, 0.25) is 0 Å². The van der Waals surface area contributed by atoms with Crippen LogP contribution in [0, 0.1) is 0 Å². The van der Waals surface area contributed by atoms with E-state index in [9.17, 15) is 22.8 Å². The fourth-order valence-corrected chi connectivity index (χ4v) is 3.45. The minimum Gasteiger partial charge on any atom is -0.480 e. The van der Waals surface area contributed by atoms with Crippen LogP contribution >= 0.6 is 0 Å². The summed E-state index contributed by atoms with van der Waals surface area (Å²) in [6, 6.07) is -0.221. The van der Waals surface area contributed by atoms with Crippen LogP contribution in [0.5, 0.6) is 0 Å². The van der Waals surface area contributed by atoms with E-state index in [-0.39, 0.29) is 22.3 Å². The molecule has 25 heavy (non-hydrogen) atoms. The standard InChI is InChI=1S/C14H18N4O6S/c1-3-4-5-10(13(20)21)17-25(23,24)8-6-9-11(15-7-8)18(2)14(22)16-12(9)19/h6-7,10,17H,3-5H2,1-2H3,(H,20,21)(H,16,19,22). The summed E-state index contributed by atoms with van der Waals surface area (Å²) in [6.45, 7) is 1.86. The summed E-state index contributed by atoms with van der Waals surface area (Å²) in [5.74, 6) is -1.29. The van der Waals surface area contributed by atoms with Gasteiger partial charge in [0, 0.05) is 13.2 Å². The van der Waals surface area contributed by atoms with Crippen LogP contribution in [-0.2, 0) is 21.9 Å². The van der Waals surface area contributed by atoms with E-state index in [4.69, 9.17) is 5.11 Å². The highest BCUT2D eigenvalue weighted by atomic mass is 32.2. The Kier molecular flexibility index (Phi) is 5.38. The highest BCUT2D eigenvalue weighted by Gasteiger charge is 2.25. The number of carbonyl (C=O) groups is 1. The van der Waals surface area contributed by atoms with E-state index in [2.05, 4.69) is 9.71 Å². The Hall–Kier alpha value is -2.53. The quantitative estimate of drug-likeness (QED) is 0.596. The van der Waals surface area contributed by atoms with Gasteiger partial charge in [0.05, 0.1) is 5.39 Å². The summed E-state index contributed by atoms with van der Waals surface area (Å²) >= 11 is 0. The number of carboxylic acids is 1. The number of aromatic amines is 1. The second-order valence-corrected chi connectivity index (χ2v) is 7.23. The Morgan fingerprint density at radius 3 is 2.72 bits per heavy atom. The van der Waals surface area contributed by atoms with Crippen LogP contribution in [0.25, 0.3) is 11.0 Å². The summed E-state index contributed by atoms with van der Waals surface area (Å²) < 4.78 is 28.0. The van der Waals surface area contributed by atoms with Crippen LogP contribution in [0.15, 0.2) is 26.7 Å². The number of H-pyrrole nitrogens is 1. The molecular weight excluding hydrogens is 352 g/mol. The predicted octanol–water partition coefficient (Wildman–Crippen LogP) is -0.456. The smallest absolute Gasteiger partial charge is 0.329 e. The normalized spacial score (nSPS) is 13.0. The van der Waals surface area contributed by atoms with Gasteiger partial charge in [-0.25, -0.2) is 18.2 Å². The van der Waals surface area contributed by atoms with Crippen molar-refractivity contribution in [2.75, 3.05) is 0 Å². The van der Waals surface area contributed by atoms with E-state index in [0.717, 1.165) is 16.8 Å². The van der Waals surface area contributed by atoms with Crippen LogP contribution in [-0.4, -0.2) is 40.1 Å². The number of pyridine rings is 1. The Balaban J connectivity index is 2.47. The molecule has 0 bridgehead atoms. The van der Waals surface area contributed by atoms with Crippen molar-refractivity contribution in [2.24, 2.45) is 7.05 Å². The molecule has 0 radical (unpaired) electrons. The van der Waals surface area contributed by atoms with Crippen LogP contribution in [0.4, 0.5) is 0 Å². The zero-order chi connectivity index (χ0) is 18.8. The van der Waals surface area contributed by atoms with Crippen molar-refractivity contribution in [3.63, 3.8) is 0 Å². The monoisotopic (exact) mass is 370 g/mol. The Labute approximate surface area is 142 Å². The first kappa shape index (κ1) is 18.8. The third-order valence-electron chi connectivity index (χ3n) is 3.68. The molecule has 2 heterocycles. The lowest BCUT2D eigenvalue weighted by molar-refractivity contribution is -0.139. The lowest BCUT2D eigenvalue weighted by Crippen LogP contribution is -2.40. The first-order valence-corrected chi connectivity index (χ1v) is 9.00. The zero-order valence-corrected chi connectivity index (χ0v) is 14.5. The molecule has 0 aromatic carbocycles. The van der Waals surface area contributed by atoms with Crippen LogP contribution in [0.1, 0.15) is 26.2 Å². The molecule has 0 aliphatic carbocycles. The molecule has 0 fully saturated rings. The average Bonchev–Trinajstić information content (AvgIpc) is 2.55. The minimum absolute atomic E-state index is 0.0217. The topological polar surface area (TPSA) is 151 Å². The van der Waals surface area contributed by atoms with E-state index in [1.165, 1.54) is 7.05 Å². The van der Waals surface area contributed by atoms with Gasteiger partial charge in [0.2, 0.25) is 10.0 Å². The van der Waals surface area contributed by atoms with Crippen molar-refractivity contribution in [2.45, 2.75) is 37.1 Å². The van der Waals surface area contributed by atoms with Crippen molar-refractivity contribution in [3.8, 4) is 0 Å². The predicted molar refractivity (Wildman–Crippen MR) is 88.9 cm³/mol. The molecule has 2 rings (SSSR count). The average molecular weight is 370 g/mol. The number of nitrogens with one attached hydrogen (secondary N) is 2. The Morgan fingerprint density at radius 1 is 1.44 bits per heavy atom. The molecule has 2 aromatic rings. The number of hydrogen-bond donors (Lipinski definition) is 3. The van der Waals surface area contributed by atoms with E-state index < -0.39 is 33.3 Å². The number of aromatic nitrogens is 3. The lowest BCUT2D eigenvalue weighted by atomic mass is 10.1. The second-order valence-electron chi connectivity index (χ2n) is 5.51. The number of aliphatic carboxylic acids is 1. The highest BCUT2D eigenvalue weighted by molar-refractivity contribution is 7.89. The van der Waals surface area contributed by atoms with Crippen molar-refractivity contribution >= 4 is 27.0 Å². The molecule has 0 saturated carbocycles. The number of hydrogen-bond acceptors (Lipinski definition) is 6. The van der Waals surface area contributed by atoms with E-state index >= 15 is 0 Å². The Morgan fingerprint density at radius 2 is 2.12 bits per heavy atom. The molecule has 0 saturated heterocycles. The van der Waals surface area contributed by atoms with Gasteiger partial charge in [-0.2, -0.15) is 4.72 Å². The van der Waals surface area contributed by atoms with Crippen molar-refractivity contribution in [3.05, 3.63) is 33.1 Å². The van der Waals surface area contributed by atoms with Crippen molar-refractivity contribution in [1.29, 1.82) is 0 Å². The molecule has 0 spiro atoms. The summed E-state index contributed by atoms with van der Waals surface area (Å²) in [7, 11) is -2.82. The van der Waals surface area contributed by atoms with Crippen molar-refractivity contribution < 1.29 is 18.3 Å². The van der Waals surface area contributed by atoms with Gasteiger partial charge in [-0.05, 0) is 12.5 Å². The first-order valence-electron chi connectivity index (χ1n) is 7.51. The SMILES string of the molecule is CCCCC(NS(=O)(=O)c1cnc2c(c1)c(=O)[nH]c(=O)n2C)C(=O)O. The number of aryl methyl sites for hydroxylation is 1. The van der Waals surface area contributed by atoms with E-state index in [0.29, 0.717) is 12.8 Å². The molecule has 3 N–H and O–H groups in total. The molecule has 136 valence electrons. The Bertz CT molecular complexity index is 1020. The van der Waals surface area contributed by atoms with Gasteiger partial charge < -0.3 is 5.11 Å². The van der Waals surface area contributed by atoms with Gasteiger partial charge >= 0.3 is 11.7 Å². The van der Waals surface area contributed by atoms with E-state index in [1.807, 2.05) is 11.9 Å². The largest absolute Gasteiger partial charge is 0.480 e. The first-order chi connectivity index (χ1) is 11.7. The molecule has 0 aliphatic heterocycles. The molecule has 0 amide bonds. The zero-order valence-electron chi connectivity index (χ0n) is 13.6. The summed E-state index contributed by atoms with van der Waals surface area (Å²) in [6.07, 6.45) is 2.37. The lowest BCUT2D eigenvalue weighted by Gasteiger charge is -2.14.